The number of rotatable bonds is 3. The third-order valence-electron chi connectivity index (χ3n) is 4.99. The number of hydrogen-bond donors (Lipinski definition) is 0. The number of aromatic nitrogens is 2. The molecule has 1 aliphatic rings. The molecular weight excluding hydrogens is 320 g/mol. The van der Waals surface area contributed by atoms with Crippen molar-refractivity contribution in [3.05, 3.63) is 53.2 Å². The molecule has 3 aromatic rings. The maximum absolute atomic E-state index is 13.1. The van der Waals surface area contributed by atoms with E-state index in [0.29, 0.717) is 16.6 Å². The molecule has 1 saturated carbocycles. The van der Waals surface area contributed by atoms with Crippen LogP contribution in [0, 0.1) is 18.3 Å². The molecule has 1 fully saturated rings. The van der Waals surface area contributed by atoms with E-state index in [-0.39, 0.29) is 11.6 Å². The largest absolute Gasteiger partial charge is 0.321 e. The first-order valence-electron chi connectivity index (χ1n) is 8.39. The van der Waals surface area contributed by atoms with Crippen LogP contribution in [0.25, 0.3) is 22.3 Å². The Morgan fingerprint density at radius 2 is 1.96 bits per heavy atom. The van der Waals surface area contributed by atoms with Crippen LogP contribution in [0.1, 0.15) is 48.4 Å². The minimum atomic E-state index is -2.60. The van der Waals surface area contributed by atoms with E-state index < -0.39 is 6.43 Å². The average Bonchev–Trinajstić information content (AvgIpc) is 2.87. The van der Waals surface area contributed by atoms with Crippen molar-refractivity contribution in [1.82, 2.24) is 9.55 Å². The van der Waals surface area contributed by atoms with Crippen LogP contribution < -0.4 is 0 Å². The normalized spacial score (nSPS) is 14.7. The standard InChI is InChI=1S/C20H17F2N3/c1-12-5-7-13(8-6-12)18-17(10-23)16-9-14(19(21)22)11-24-20(16)25(18)15-3-2-4-15/h5-9,11,15,19H,2-4H2,1H3. The number of nitrogens with zero attached hydrogens (tertiary/aromatic N) is 3. The van der Waals surface area contributed by atoms with Crippen LogP contribution in [0.3, 0.4) is 0 Å². The van der Waals surface area contributed by atoms with Crippen LogP contribution in [-0.4, -0.2) is 9.55 Å². The molecule has 0 N–H and O–H groups in total. The highest BCUT2D eigenvalue weighted by atomic mass is 19.3. The molecule has 1 aromatic carbocycles. The van der Waals surface area contributed by atoms with Gasteiger partial charge in [-0.1, -0.05) is 29.8 Å². The molecule has 3 nitrogen and oxygen atoms in total. The lowest BCUT2D eigenvalue weighted by Gasteiger charge is -2.29. The van der Waals surface area contributed by atoms with Gasteiger partial charge in [0, 0.05) is 23.2 Å². The van der Waals surface area contributed by atoms with Gasteiger partial charge in [-0.05, 0) is 37.8 Å². The number of pyridine rings is 1. The summed E-state index contributed by atoms with van der Waals surface area (Å²) in [4.78, 5) is 4.31. The van der Waals surface area contributed by atoms with Crippen molar-refractivity contribution in [3.63, 3.8) is 0 Å². The van der Waals surface area contributed by atoms with Crippen LogP contribution in [0.15, 0.2) is 36.5 Å². The van der Waals surface area contributed by atoms with E-state index in [9.17, 15) is 14.0 Å². The van der Waals surface area contributed by atoms with Crippen LogP contribution in [-0.2, 0) is 0 Å². The van der Waals surface area contributed by atoms with E-state index in [1.807, 2.05) is 31.2 Å². The van der Waals surface area contributed by atoms with Crippen molar-refractivity contribution >= 4 is 11.0 Å². The first-order valence-corrected chi connectivity index (χ1v) is 8.39. The molecule has 25 heavy (non-hydrogen) atoms. The SMILES string of the molecule is Cc1ccc(-c2c(C#N)c3cc(C(F)F)cnc3n2C2CCC2)cc1. The monoisotopic (exact) mass is 337 g/mol. The van der Waals surface area contributed by atoms with E-state index >= 15 is 0 Å². The Morgan fingerprint density at radius 1 is 1.24 bits per heavy atom. The average molecular weight is 337 g/mol. The van der Waals surface area contributed by atoms with Gasteiger partial charge in [-0.2, -0.15) is 5.26 Å². The third kappa shape index (κ3) is 2.49. The molecule has 0 spiro atoms. The minimum absolute atomic E-state index is 0.148. The van der Waals surface area contributed by atoms with Gasteiger partial charge in [0.2, 0.25) is 0 Å². The van der Waals surface area contributed by atoms with E-state index in [1.165, 1.54) is 12.3 Å². The van der Waals surface area contributed by atoms with Crippen LogP contribution in [0.4, 0.5) is 8.78 Å². The Labute approximate surface area is 144 Å². The van der Waals surface area contributed by atoms with Gasteiger partial charge in [0.05, 0.1) is 11.3 Å². The van der Waals surface area contributed by atoms with Crippen LogP contribution in [0.2, 0.25) is 0 Å². The van der Waals surface area contributed by atoms with E-state index in [0.717, 1.165) is 36.1 Å². The highest BCUT2D eigenvalue weighted by Crippen LogP contribution is 2.42. The molecule has 4 rings (SSSR count). The van der Waals surface area contributed by atoms with Gasteiger partial charge in [-0.25, -0.2) is 13.8 Å². The Hall–Kier alpha value is -2.74. The van der Waals surface area contributed by atoms with Crippen molar-refractivity contribution in [2.45, 2.75) is 38.7 Å². The van der Waals surface area contributed by atoms with Gasteiger partial charge < -0.3 is 4.57 Å². The molecule has 5 heteroatoms. The number of nitriles is 1. The summed E-state index contributed by atoms with van der Waals surface area (Å²) in [6.07, 6.45) is 1.80. The summed E-state index contributed by atoms with van der Waals surface area (Å²) in [5, 5.41) is 10.3. The topological polar surface area (TPSA) is 41.6 Å². The lowest BCUT2D eigenvalue weighted by molar-refractivity contribution is 0.151. The Bertz CT molecular complexity index is 977. The minimum Gasteiger partial charge on any atom is -0.321 e. The van der Waals surface area contributed by atoms with Crippen LogP contribution >= 0.6 is 0 Å². The highest BCUT2D eigenvalue weighted by Gasteiger charge is 2.29. The molecule has 0 radical (unpaired) electrons. The highest BCUT2D eigenvalue weighted by molar-refractivity contribution is 5.93. The number of benzene rings is 1. The summed E-state index contributed by atoms with van der Waals surface area (Å²) < 4.78 is 28.3. The molecule has 1 aliphatic carbocycles. The summed E-state index contributed by atoms with van der Waals surface area (Å²) in [5.74, 6) is 0. The van der Waals surface area contributed by atoms with Gasteiger partial charge in [0.25, 0.3) is 6.43 Å². The molecule has 126 valence electrons. The van der Waals surface area contributed by atoms with Gasteiger partial charge in [-0.3, -0.25) is 0 Å². The van der Waals surface area contributed by atoms with Gasteiger partial charge in [0.1, 0.15) is 11.7 Å². The molecule has 0 bridgehead atoms. The van der Waals surface area contributed by atoms with E-state index in [1.54, 1.807) is 0 Å². The number of alkyl halides is 2. The fraction of sp³-hybridized carbons (Fsp3) is 0.300. The van der Waals surface area contributed by atoms with Gasteiger partial charge >= 0.3 is 0 Å². The maximum atomic E-state index is 13.1. The lowest BCUT2D eigenvalue weighted by Crippen LogP contribution is -2.18. The van der Waals surface area contributed by atoms with E-state index in [2.05, 4.69) is 15.6 Å². The van der Waals surface area contributed by atoms with Gasteiger partial charge in [-0.15, -0.1) is 0 Å². The Balaban J connectivity index is 2.05. The zero-order valence-corrected chi connectivity index (χ0v) is 13.8. The van der Waals surface area contributed by atoms with Crippen molar-refractivity contribution in [3.8, 4) is 17.3 Å². The zero-order valence-electron chi connectivity index (χ0n) is 13.8. The lowest BCUT2D eigenvalue weighted by atomic mass is 9.92. The predicted molar refractivity (Wildman–Crippen MR) is 92.5 cm³/mol. The first kappa shape index (κ1) is 15.8. The molecule has 0 amide bonds. The summed E-state index contributed by atoms with van der Waals surface area (Å²) in [6, 6.07) is 11.9. The zero-order chi connectivity index (χ0) is 17.6. The summed E-state index contributed by atoms with van der Waals surface area (Å²) in [7, 11) is 0. The first-order chi connectivity index (χ1) is 12.1. The maximum Gasteiger partial charge on any atom is 0.265 e. The predicted octanol–water partition coefficient (Wildman–Crippen LogP) is 5.55. The van der Waals surface area contributed by atoms with Crippen LogP contribution in [0.5, 0.6) is 0 Å². The van der Waals surface area contributed by atoms with Crippen molar-refractivity contribution < 1.29 is 8.78 Å². The van der Waals surface area contributed by atoms with Crippen molar-refractivity contribution in [2.75, 3.05) is 0 Å². The fourth-order valence-electron chi connectivity index (χ4n) is 3.43. The molecule has 0 unspecified atom stereocenters. The Morgan fingerprint density at radius 3 is 2.52 bits per heavy atom. The second-order valence-corrected chi connectivity index (χ2v) is 6.60. The summed E-state index contributed by atoms with van der Waals surface area (Å²) in [6.45, 7) is 2.01. The molecule has 0 saturated heterocycles. The second-order valence-electron chi connectivity index (χ2n) is 6.60. The van der Waals surface area contributed by atoms with Crippen molar-refractivity contribution in [1.29, 1.82) is 5.26 Å². The van der Waals surface area contributed by atoms with Crippen molar-refractivity contribution in [2.24, 2.45) is 0 Å². The smallest absolute Gasteiger partial charge is 0.265 e. The fourth-order valence-corrected chi connectivity index (χ4v) is 3.43. The molecule has 0 aliphatic heterocycles. The molecule has 0 atom stereocenters. The molecule has 2 heterocycles. The Kier molecular flexibility index (Phi) is 3.76. The van der Waals surface area contributed by atoms with Gasteiger partial charge in [0.15, 0.2) is 0 Å². The number of fused-ring (bicyclic) bond motifs is 1. The number of hydrogen-bond acceptors (Lipinski definition) is 2. The number of halogens is 2. The molecular formula is C20H17F2N3. The summed E-state index contributed by atoms with van der Waals surface area (Å²) >= 11 is 0. The third-order valence-corrected chi connectivity index (χ3v) is 4.99. The quantitative estimate of drug-likeness (QED) is 0.629. The second kappa shape index (κ2) is 5.96. The summed E-state index contributed by atoms with van der Waals surface area (Å²) in [5.41, 5.74) is 3.76. The molecule has 2 aromatic heterocycles. The number of aryl methyl sites for hydroxylation is 1. The van der Waals surface area contributed by atoms with E-state index in [4.69, 9.17) is 0 Å².